The lowest BCUT2D eigenvalue weighted by Crippen LogP contribution is -2.28. The van der Waals surface area contributed by atoms with Gasteiger partial charge in [0, 0.05) is 19.6 Å². The fourth-order valence-corrected chi connectivity index (χ4v) is 1.62. The van der Waals surface area contributed by atoms with E-state index < -0.39 is 0 Å². The molecule has 1 N–H and O–H groups in total. The first-order valence-electron chi connectivity index (χ1n) is 6.15. The molecule has 94 valence electrons. The average Bonchev–Trinajstić information content (AvgIpc) is 2.37. The van der Waals surface area contributed by atoms with Crippen molar-refractivity contribution in [1.29, 1.82) is 0 Å². The summed E-state index contributed by atoms with van der Waals surface area (Å²) in [7, 11) is 0. The van der Waals surface area contributed by atoms with E-state index in [1.165, 1.54) is 5.56 Å². The van der Waals surface area contributed by atoms with Gasteiger partial charge in [-0.05, 0) is 32.4 Å². The first kappa shape index (κ1) is 13.6. The molecule has 0 saturated carbocycles. The second-order valence-corrected chi connectivity index (χ2v) is 3.80. The zero-order chi connectivity index (χ0) is 12.5. The lowest BCUT2D eigenvalue weighted by Gasteiger charge is -2.22. The van der Waals surface area contributed by atoms with Gasteiger partial charge in [0.1, 0.15) is 0 Å². The number of hydroxylamine groups is 1. The molecule has 0 saturated heterocycles. The smallest absolute Gasteiger partial charge is 0.207 e. The Bertz CT molecular complexity index is 320. The average molecular weight is 234 g/mol. The maximum absolute atomic E-state index is 5.39. The molecular weight excluding hydrogens is 212 g/mol. The van der Waals surface area contributed by atoms with E-state index in [1.807, 2.05) is 18.2 Å². The number of nitrogens with zero attached hydrogens (tertiary/aromatic N) is 1. The molecular formula is C14H22N2O. The molecule has 1 rings (SSSR count). The molecule has 0 fully saturated rings. The Morgan fingerprint density at radius 1 is 1.24 bits per heavy atom. The molecule has 0 amide bonds. The molecule has 3 heteroatoms. The summed E-state index contributed by atoms with van der Waals surface area (Å²) in [6.45, 7) is 10.7. The van der Waals surface area contributed by atoms with Gasteiger partial charge in [-0.15, -0.1) is 0 Å². The van der Waals surface area contributed by atoms with Crippen LogP contribution in [0, 0.1) is 0 Å². The molecule has 0 aromatic heterocycles. The zero-order valence-corrected chi connectivity index (χ0v) is 10.8. The Hall–Kier alpha value is -1.48. The van der Waals surface area contributed by atoms with Crippen molar-refractivity contribution in [2.45, 2.75) is 20.3 Å². The summed E-state index contributed by atoms with van der Waals surface area (Å²) in [4.78, 5) is 7.45. The third-order valence-electron chi connectivity index (χ3n) is 2.66. The number of rotatable bonds is 8. The summed E-state index contributed by atoms with van der Waals surface area (Å²) in [5.41, 5.74) is 4.24. The van der Waals surface area contributed by atoms with Crippen LogP contribution >= 0.6 is 0 Å². The van der Waals surface area contributed by atoms with Gasteiger partial charge in [0.05, 0.1) is 0 Å². The van der Waals surface area contributed by atoms with E-state index in [-0.39, 0.29) is 0 Å². The predicted octanol–water partition coefficient (Wildman–Crippen LogP) is 2.56. The Kier molecular flexibility index (Phi) is 6.18. The molecule has 17 heavy (non-hydrogen) atoms. The molecule has 0 aliphatic carbocycles. The van der Waals surface area contributed by atoms with Crippen molar-refractivity contribution < 1.29 is 4.84 Å². The van der Waals surface area contributed by atoms with Crippen LogP contribution in [0.5, 0.6) is 0 Å². The number of benzene rings is 1. The van der Waals surface area contributed by atoms with E-state index in [4.69, 9.17) is 4.84 Å². The van der Waals surface area contributed by atoms with Gasteiger partial charge in [0.2, 0.25) is 5.88 Å². The van der Waals surface area contributed by atoms with Crippen LogP contribution in [-0.4, -0.2) is 24.5 Å². The Balaban J connectivity index is 2.18. The standard InChI is InChI=1S/C14H22N2O/c1-4-16(5-2)13(3)17-15-12-11-14-9-7-6-8-10-14/h6-10,15H,3-5,11-12H2,1-2H3. The fraction of sp³-hybridized carbons (Fsp3) is 0.429. The highest BCUT2D eigenvalue weighted by atomic mass is 16.7. The van der Waals surface area contributed by atoms with Crippen LogP contribution in [-0.2, 0) is 11.3 Å². The first-order valence-corrected chi connectivity index (χ1v) is 6.15. The molecule has 1 aromatic rings. The van der Waals surface area contributed by atoms with Crippen molar-refractivity contribution >= 4 is 0 Å². The molecule has 0 aliphatic rings. The molecule has 3 nitrogen and oxygen atoms in total. The second-order valence-electron chi connectivity index (χ2n) is 3.80. The van der Waals surface area contributed by atoms with Crippen molar-refractivity contribution in [3.63, 3.8) is 0 Å². The van der Waals surface area contributed by atoms with E-state index in [2.05, 4.69) is 42.9 Å². The summed E-state index contributed by atoms with van der Waals surface area (Å²) in [5, 5.41) is 0. The highest BCUT2D eigenvalue weighted by Gasteiger charge is 2.03. The van der Waals surface area contributed by atoms with Crippen LogP contribution in [0.3, 0.4) is 0 Å². The number of hydrogen-bond acceptors (Lipinski definition) is 3. The van der Waals surface area contributed by atoms with Crippen LogP contribution < -0.4 is 5.48 Å². The van der Waals surface area contributed by atoms with Gasteiger partial charge >= 0.3 is 0 Å². The van der Waals surface area contributed by atoms with Gasteiger partial charge in [0.25, 0.3) is 0 Å². The Morgan fingerprint density at radius 3 is 2.47 bits per heavy atom. The van der Waals surface area contributed by atoms with E-state index in [0.29, 0.717) is 5.88 Å². The van der Waals surface area contributed by atoms with E-state index in [0.717, 1.165) is 26.1 Å². The molecule has 0 radical (unpaired) electrons. The van der Waals surface area contributed by atoms with Crippen LogP contribution in [0.15, 0.2) is 42.8 Å². The third-order valence-corrected chi connectivity index (χ3v) is 2.66. The van der Waals surface area contributed by atoms with Crippen molar-refractivity contribution in [1.82, 2.24) is 10.4 Å². The first-order chi connectivity index (χ1) is 8.27. The third kappa shape index (κ3) is 4.91. The zero-order valence-electron chi connectivity index (χ0n) is 10.8. The lowest BCUT2D eigenvalue weighted by molar-refractivity contribution is 0.0454. The molecule has 0 aliphatic heterocycles. The largest absolute Gasteiger partial charge is 0.391 e. The maximum Gasteiger partial charge on any atom is 0.207 e. The lowest BCUT2D eigenvalue weighted by atomic mass is 10.2. The summed E-state index contributed by atoms with van der Waals surface area (Å²) in [5.74, 6) is 0.683. The predicted molar refractivity (Wildman–Crippen MR) is 71.3 cm³/mol. The second kappa shape index (κ2) is 7.74. The van der Waals surface area contributed by atoms with E-state index >= 15 is 0 Å². The minimum absolute atomic E-state index is 0.683. The number of hydrogen-bond donors (Lipinski definition) is 1. The molecule has 0 atom stereocenters. The van der Waals surface area contributed by atoms with Gasteiger partial charge in [-0.25, -0.2) is 0 Å². The molecule has 0 spiro atoms. The minimum Gasteiger partial charge on any atom is -0.391 e. The molecule has 1 aromatic carbocycles. The van der Waals surface area contributed by atoms with Crippen LogP contribution in [0.4, 0.5) is 0 Å². The SMILES string of the molecule is C=C(ONCCc1ccccc1)N(CC)CC. The summed E-state index contributed by atoms with van der Waals surface area (Å²) in [6.07, 6.45) is 0.951. The molecule has 0 heterocycles. The van der Waals surface area contributed by atoms with Gasteiger partial charge in [-0.2, -0.15) is 5.48 Å². The van der Waals surface area contributed by atoms with Crippen molar-refractivity contribution in [2.24, 2.45) is 0 Å². The monoisotopic (exact) mass is 234 g/mol. The van der Waals surface area contributed by atoms with Gasteiger partial charge in [-0.3, -0.25) is 0 Å². The van der Waals surface area contributed by atoms with Gasteiger partial charge in [0.15, 0.2) is 0 Å². The fourth-order valence-electron chi connectivity index (χ4n) is 1.62. The number of nitrogens with one attached hydrogen (secondary N) is 1. The van der Waals surface area contributed by atoms with Crippen molar-refractivity contribution in [3.8, 4) is 0 Å². The van der Waals surface area contributed by atoms with E-state index in [9.17, 15) is 0 Å². The van der Waals surface area contributed by atoms with Crippen molar-refractivity contribution in [2.75, 3.05) is 19.6 Å². The normalized spacial score (nSPS) is 10.0. The van der Waals surface area contributed by atoms with Crippen LogP contribution in [0.25, 0.3) is 0 Å². The van der Waals surface area contributed by atoms with Gasteiger partial charge in [-0.1, -0.05) is 30.3 Å². The van der Waals surface area contributed by atoms with E-state index in [1.54, 1.807) is 0 Å². The maximum atomic E-state index is 5.39. The Labute approximate surface area is 104 Å². The summed E-state index contributed by atoms with van der Waals surface area (Å²) in [6, 6.07) is 10.3. The minimum atomic E-state index is 0.683. The van der Waals surface area contributed by atoms with Crippen LogP contribution in [0.2, 0.25) is 0 Å². The Morgan fingerprint density at radius 2 is 1.88 bits per heavy atom. The topological polar surface area (TPSA) is 24.5 Å². The quantitative estimate of drug-likeness (QED) is 0.425. The van der Waals surface area contributed by atoms with Crippen molar-refractivity contribution in [3.05, 3.63) is 48.4 Å². The van der Waals surface area contributed by atoms with Gasteiger partial charge < -0.3 is 9.74 Å². The molecule has 0 bridgehead atoms. The highest BCUT2D eigenvalue weighted by Crippen LogP contribution is 2.01. The van der Waals surface area contributed by atoms with Crippen LogP contribution in [0.1, 0.15) is 19.4 Å². The summed E-state index contributed by atoms with van der Waals surface area (Å²) < 4.78 is 0. The summed E-state index contributed by atoms with van der Waals surface area (Å²) >= 11 is 0. The highest BCUT2D eigenvalue weighted by molar-refractivity contribution is 5.14. The molecule has 0 unspecified atom stereocenters.